The minimum absolute atomic E-state index is 0.200. The minimum Gasteiger partial charge on any atom is -0.292 e. The Morgan fingerprint density at radius 2 is 1.68 bits per heavy atom. The summed E-state index contributed by atoms with van der Waals surface area (Å²) in [5, 5.41) is 0. The van der Waals surface area contributed by atoms with Crippen LogP contribution in [0.3, 0.4) is 0 Å². The minimum atomic E-state index is 0.200. The third-order valence-electron chi connectivity index (χ3n) is 3.49. The predicted molar refractivity (Wildman–Crippen MR) is 80.7 cm³/mol. The van der Waals surface area contributed by atoms with Crippen LogP contribution in [0, 0.1) is 13.8 Å². The highest BCUT2D eigenvalue weighted by molar-refractivity contribution is 5.95. The van der Waals surface area contributed by atoms with Gasteiger partial charge in [0.15, 0.2) is 5.78 Å². The summed E-state index contributed by atoms with van der Waals surface area (Å²) in [4.78, 5) is 16.3. The van der Waals surface area contributed by atoms with Gasteiger partial charge < -0.3 is 0 Å². The van der Waals surface area contributed by atoms with E-state index < -0.39 is 0 Å². The van der Waals surface area contributed by atoms with Crippen molar-refractivity contribution in [1.29, 1.82) is 0 Å². The molecule has 0 radical (unpaired) electrons. The van der Waals surface area contributed by atoms with Crippen molar-refractivity contribution in [1.82, 2.24) is 4.98 Å². The summed E-state index contributed by atoms with van der Waals surface area (Å²) in [6, 6.07) is 2.03. The van der Waals surface area contributed by atoms with Crippen LogP contribution in [0.5, 0.6) is 0 Å². The SMILES string of the molecule is CCCCCCCCCC(=O)c1ncc(C)cc1C. The molecule has 0 spiro atoms. The van der Waals surface area contributed by atoms with Gasteiger partial charge in [0, 0.05) is 12.6 Å². The Bertz CT molecular complexity index is 398. The number of rotatable bonds is 9. The Balaban J connectivity index is 2.24. The molecule has 1 rings (SSSR count). The number of nitrogens with zero attached hydrogens (tertiary/aromatic N) is 1. The molecule has 0 unspecified atom stereocenters. The van der Waals surface area contributed by atoms with Crippen LogP contribution in [0.25, 0.3) is 0 Å². The van der Waals surface area contributed by atoms with E-state index in [1.165, 1.54) is 38.5 Å². The molecule has 19 heavy (non-hydrogen) atoms. The van der Waals surface area contributed by atoms with Crippen LogP contribution >= 0.6 is 0 Å². The Morgan fingerprint density at radius 3 is 2.32 bits per heavy atom. The molecule has 0 fully saturated rings. The molecule has 0 saturated carbocycles. The van der Waals surface area contributed by atoms with E-state index in [1.54, 1.807) is 6.20 Å². The van der Waals surface area contributed by atoms with E-state index in [2.05, 4.69) is 11.9 Å². The van der Waals surface area contributed by atoms with Crippen molar-refractivity contribution in [3.8, 4) is 0 Å². The first kappa shape index (κ1) is 15.9. The molecule has 2 heteroatoms. The fourth-order valence-electron chi connectivity index (χ4n) is 2.37. The normalized spacial score (nSPS) is 10.7. The molecule has 1 aromatic rings. The third kappa shape index (κ3) is 6.00. The summed E-state index contributed by atoms with van der Waals surface area (Å²) in [6.07, 6.45) is 11.1. The second kappa shape index (κ2) is 8.84. The van der Waals surface area contributed by atoms with E-state index in [-0.39, 0.29) is 5.78 Å². The zero-order valence-electron chi connectivity index (χ0n) is 12.7. The van der Waals surface area contributed by atoms with Gasteiger partial charge in [-0.1, -0.05) is 51.5 Å². The smallest absolute Gasteiger partial charge is 0.181 e. The third-order valence-corrected chi connectivity index (χ3v) is 3.49. The van der Waals surface area contributed by atoms with Gasteiger partial charge in [-0.05, 0) is 31.4 Å². The van der Waals surface area contributed by atoms with Crippen LogP contribution in [0.4, 0.5) is 0 Å². The molecule has 0 atom stereocenters. The van der Waals surface area contributed by atoms with E-state index in [9.17, 15) is 4.79 Å². The molecule has 0 aliphatic heterocycles. The van der Waals surface area contributed by atoms with E-state index in [1.807, 2.05) is 19.9 Å². The Hall–Kier alpha value is -1.18. The molecular formula is C17H27NO. The molecule has 0 aliphatic rings. The van der Waals surface area contributed by atoms with Gasteiger partial charge in [-0.25, -0.2) is 0 Å². The summed E-state index contributed by atoms with van der Waals surface area (Å²) < 4.78 is 0. The zero-order chi connectivity index (χ0) is 14.1. The van der Waals surface area contributed by atoms with Crippen molar-refractivity contribution in [3.63, 3.8) is 0 Å². The lowest BCUT2D eigenvalue weighted by atomic mass is 10.0. The Kier molecular flexibility index (Phi) is 7.39. The number of unbranched alkanes of at least 4 members (excludes halogenated alkanes) is 6. The number of aromatic nitrogens is 1. The predicted octanol–water partition coefficient (Wildman–Crippen LogP) is 5.02. The van der Waals surface area contributed by atoms with Gasteiger partial charge >= 0.3 is 0 Å². The van der Waals surface area contributed by atoms with Crippen LogP contribution in [-0.2, 0) is 0 Å². The maximum absolute atomic E-state index is 12.0. The average Bonchev–Trinajstić information content (AvgIpc) is 2.37. The van der Waals surface area contributed by atoms with E-state index in [4.69, 9.17) is 0 Å². The van der Waals surface area contributed by atoms with E-state index >= 15 is 0 Å². The molecule has 2 nitrogen and oxygen atoms in total. The summed E-state index contributed by atoms with van der Waals surface area (Å²) in [7, 11) is 0. The van der Waals surface area contributed by atoms with Crippen molar-refractivity contribution in [2.45, 2.75) is 72.1 Å². The van der Waals surface area contributed by atoms with Gasteiger partial charge in [0.2, 0.25) is 0 Å². The van der Waals surface area contributed by atoms with Crippen LogP contribution in [0.2, 0.25) is 0 Å². The number of pyridine rings is 1. The maximum Gasteiger partial charge on any atom is 0.181 e. The molecule has 0 aromatic carbocycles. The number of hydrogen-bond donors (Lipinski definition) is 0. The number of carbonyl (C=O) groups is 1. The molecule has 1 heterocycles. The quantitative estimate of drug-likeness (QED) is 0.461. The molecular weight excluding hydrogens is 234 g/mol. The summed E-state index contributed by atoms with van der Waals surface area (Å²) >= 11 is 0. The highest BCUT2D eigenvalue weighted by atomic mass is 16.1. The topological polar surface area (TPSA) is 30.0 Å². The van der Waals surface area contributed by atoms with Gasteiger partial charge in [0.05, 0.1) is 0 Å². The first-order valence-electron chi connectivity index (χ1n) is 7.61. The molecule has 106 valence electrons. The Morgan fingerprint density at radius 1 is 1.05 bits per heavy atom. The summed E-state index contributed by atoms with van der Waals surface area (Å²) in [6.45, 7) is 6.21. The van der Waals surface area contributed by atoms with Crippen molar-refractivity contribution in [2.24, 2.45) is 0 Å². The summed E-state index contributed by atoms with van der Waals surface area (Å²) in [5.41, 5.74) is 2.79. The van der Waals surface area contributed by atoms with Crippen LogP contribution in [0.15, 0.2) is 12.3 Å². The lowest BCUT2D eigenvalue weighted by Gasteiger charge is -2.05. The van der Waals surface area contributed by atoms with Gasteiger partial charge in [-0.2, -0.15) is 0 Å². The van der Waals surface area contributed by atoms with E-state index in [0.29, 0.717) is 12.1 Å². The number of ketones is 1. The lowest BCUT2D eigenvalue weighted by molar-refractivity contribution is 0.0973. The maximum atomic E-state index is 12.0. The van der Waals surface area contributed by atoms with Crippen molar-refractivity contribution in [3.05, 3.63) is 29.1 Å². The highest BCUT2D eigenvalue weighted by Gasteiger charge is 2.10. The Labute approximate surface area is 117 Å². The van der Waals surface area contributed by atoms with Gasteiger partial charge in [-0.3, -0.25) is 9.78 Å². The lowest BCUT2D eigenvalue weighted by Crippen LogP contribution is -2.05. The number of hydrogen-bond acceptors (Lipinski definition) is 2. The first-order chi connectivity index (χ1) is 9.15. The number of Topliss-reactive ketones (excluding diaryl/α,β-unsaturated/α-hetero) is 1. The standard InChI is InChI=1S/C17H27NO/c1-4-5-6-7-8-9-10-11-16(19)17-15(3)12-14(2)13-18-17/h12-13H,4-11H2,1-3H3. The first-order valence-corrected chi connectivity index (χ1v) is 7.61. The average molecular weight is 261 g/mol. The molecule has 0 bridgehead atoms. The molecule has 0 aliphatic carbocycles. The van der Waals surface area contributed by atoms with Gasteiger partial charge in [0.1, 0.15) is 5.69 Å². The molecule has 0 N–H and O–H groups in total. The second-order valence-corrected chi connectivity index (χ2v) is 5.47. The fourth-order valence-corrected chi connectivity index (χ4v) is 2.37. The van der Waals surface area contributed by atoms with Crippen molar-refractivity contribution >= 4 is 5.78 Å². The van der Waals surface area contributed by atoms with Crippen LogP contribution in [-0.4, -0.2) is 10.8 Å². The van der Waals surface area contributed by atoms with Crippen molar-refractivity contribution in [2.75, 3.05) is 0 Å². The highest BCUT2D eigenvalue weighted by Crippen LogP contribution is 2.13. The monoisotopic (exact) mass is 261 g/mol. The summed E-state index contributed by atoms with van der Waals surface area (Å²) in [5.74, 6) is 0.200. The molecule has 1 aromatic heterocycles. The number of carbonyl (C=O) groups excluding carboxylic acids is 1. The largest absolute Gasteiger partial charge is 0.292 e. The van der Waals surface area contributed by atoms with Crippen LogP contribution < -0.4 is 0 Å². The van der Waals surface area contributed by atoms with Gasteiger partial charge in [0.25, 0.3) is 0 Å². The fraction of sp³-hybridized carbons (Fsp3) is 0.647. The number of aryl methyl sites for hydroxylation is 2. The molecule has 0 amide bonds. The van der Waals surface area contributed by atoms with Gasteiger partial charge in [-0.15, -0.1) is 0 Å². The molecule has 0 saturated heterocycles. The van der Waals surface area contributed by atoms with Crippen LogP contribution in [0.1, 0.15) is 79.9 Å². The zero-order valence-corrected chi connectivity index (χ0v) is 12.7. The van der Waals surface area contributed by atoms with Crippen molar-refractivity contribution < 1.29 is 4.79 Å². The second-order valence-electron chi connectivity index (χ2n) is 5.47. The van der Waals surface area contributed by atoms with E-state index in [0.717, 1.165) is 17.5 Å².